The van der Waals surface area contributed by atoms with Crippen LogP contribution in [0.1, 0.15) is 11.1 Å². The highest BCUT2D eigenvalue weighted by Crippen LogP contribution is 2.25. The van der Waals surface area contributed by atoms with E-state index in [1.54, 1.807) is 31.4 Å². The van der Waals surface area contributed by atoms with Gasteiger partial charge >= 0.3 is 0 Å². The standard InChI is InChI=1S/C15H14ClN3O/c1-20-15-5-4-13(18)6-11(15)9-19-14-7-12(16)3-2-10(14)8-17/h2-7,19H,9,18H2,1H3. The molecule has 4 nitrogen and oxygen atoms in total. The van der Waals surface area contributed by atoms with Crippen molar-refractivity contribution in [2.75, 3.05) is 18.2 Å². The Hall–Kier alpha value is -2.38. The minimum absolute atomic E-state index is 0.489. The molecule has 0 saturated heterocycles. The van der Waals surface area contributed by atoms with Crippen LogP contribution in [0, 0.1) is 11.3 Å². The van der Waals surface area contributed by atoms with E-state index in [0.29, 0.717) is 28.5 Å². The second kappa shape index (κ2) is 6.18. The number of nitrogens with one attached hydrogen (secondary N) is 1. The van der Waals surface area contributed by atoms with Crippen molar-refractivity contribution in [3.63, 3.8) is 0 Å². The Bertz CT molecular complexity index is 665. The smallest absolute Gasteiger partial charge is 0.123 e. The van der Waals surface area contributed by atoms with Crippen molar-refractivity contribution in [2.45, 2.75) is 6.54 Å². The Balaban J connectivity index is 2.23. The topological polar surface area (TPSA) is 71.1 Å². The maximum absolute atomic E-state index is 9.07. The summed E-state index contributed by atoms with van der Waals surface area (Å²) in [5, 5.41) is 12.8. The van der Waals surface area contributed by atoms with Crippen molar-refractivity contribution in [2.24, 2.45) is 0 Å². The molecule has 0 aromatic heterocycles. The molecule has 20 heavy (non-hydrogen) atoms. The monoisotopic (exact) mass is 287 g/mol. The van der Waals surface area contributed by atoms with Crippen LogP contribution in [0.5, 0.6) is 5.75 Å². The SMILES string of the molecule is COc1ccc(N)cc1CNc1cc(Cl)ccc1C#N. The first kappa shape index (κ1) is 14.0. The van der Waals surface area contributed by atoms with Gasteiger partial charge in [-0.25, -0.2) is 0 Å². The van der Waals surface area contributed by atoms with Gasteiger partial charge in [0.25, 0.3) is 0 Å². The zero-order chi connectivity index (χ0) is 14.5. The van der Waals surface area contributed by atoms with E-state index in [0.717, 1.165) is 11.3 Å². The summed E-state index contributed by atoms with van der Waals surface area (Å²) in [6.07, 6.45) is 0. The minimum Gasteiger partial charge on any atom is -0.496 e. The number of nitrogens with two attached hydrogens (primary N) is 1. The van der Waals surface area contributed by atoms with Gasteiger partial charge in [0, 0.05) is 22.8 Å². The molecule has 102 valence electrons. The summed E-state index contributed by atoms with van der Waals surface area (Å²) in [5.74, 6) is 0.743. The van der Waals surface area contributed by atoms with E-state index in [4.69, 9.17) is 27.3 Å². The van der Waals surface area contributed by atoms with Crippen LogP contribution in [0.25, 0.3) is 0 Å². The van der Waals surface area contributed by atoms with Crippen LogP contribution in [0.15, 0.2) is 36.4 Å². The Kier molecular flexibility index (Phi) is 4.34. The minimum atomic E-state index is 0.489. The van der Waals surface area contributed by atoms with E-state index in [9.17, 15) is 0 Å². The number of ether oxygens (including phenoxy) is 1. The Morgan fingerprint density at radius 1 is 1.30 bits per heavy atom. The lowest BCUT2D eigenvalue weighted by Gasteiger charge is -2.12. The molecule has 0 saturated carbocycles. The molecule has 0 amide bonds. The maximum atomic E-state index is 9.07. The van der Waals surface area contributed by atoms with Crippen molar-refractivity contribution in [1.82, 2.24) is 0 Å². The Morgan fingerprint density at radius 2 is 2.10 bits per heavy atom. The fourth-order valence-corrected chi connectivity index (χ4v) is 2.06. The number of anilines is 2. The molecule has 0 unspecified atom stereocenters. The Labute approximate surface area is 122 Å². The normalized spacial score (nSPS) is 9.85. The lowest BCUT2D eigenvalue weighted by molar-refractivity contribution is 0.410. The van der Waals surface area contributed by atoms with E-state index < -0.39 is 0 Å². The number of nitriles is 1. The average Bonchev–Trinajstić information content (AvgIpc) is 2.45. The third kappa shape index (κ3) is 3.14. The number of benzene rings is 2. The number of rotatable bonds is 4. The van der Waals surface area contributed by atoms with Crippen LogP contribution in [0.3, 0.4) is 0 Å². The van der Waals surface area contributed by atoms with Crippen LogP contribution in [-0.2, 0) is 6.54 Å². The zero-order valence-electron chi connectivity index (χ0n) is 11.0. The van der Waals surface area contributed by atoms with Crippen LogP contribution >= 0.6 is 11.6 Å². The zero-order valence-corrected chi connectivity index (χ0v) is 11.7. The second-order valence-electron chi connectivity index (χ2n) is 4.23. The number of halogens is 1. The highest BCUT2D eigenvalue weighted by molar-refractivity contribution is 6.30. The lowest BCUT2D eigenvalue weighted by Crippen LogP contribution is -2.04. The first-order chi connectivity index (χ1) is 9.63. The van der Waals surface area contributed by atoms with Gasteiger partial charge in [0.1, 0.15) is 11.8 Å². The Morgan fingerprint density at radius 3 is 2.80 bits per heavy atom. The molecule has 2 rings (SSSR count). The highest BCUT2D eigenvalue weighted by atomic mass is 35.5. The molecular weight excluding hydrogens is 274 g/mol. The van der Waals surface area contributed by atoms with Gasteiger partial charge in [-0.05, 0) is 36.4 Å². The van der Waals surface area contributed by atoms with E-state index in [1.165, 1.54) is 0 Å². The van der Waals surface area contributed by atoms with Gasteiger partial charge in [-0.1, -0.05) is 11.6 Å². The average molecular weight is 288 g/mol. The van der Waals surface area contributed by atoms with Crippen molar-refractivity contribution in [3.8, 4) is 11.8 Å². The van der Waals surface area contributed by atoms with E-state index in [1.807, 2.05) is 12.1 Å². The van der Waals surface area contributed by atoms with Crippen LogP contribution in [0.4, 0.5) is 11.4 Å². The van der Waals surface area contributed by atoms with Gasteiger partial charge in [-0.2, -0.15) is 5.26 Å². The molecule has 0 atom stereocenters. The highest BCUT2D eigenvalue weighted by Gasteiger charge is 2.06. The lowest BCUT2D eigenvalue weighted by atomic mass is 10.1. The van der Waals surface area contributed by atoms with Gasteiger partial charge in [-0.15, -0.1) is 0 Å². The summed E-state index contributed by atoms with van der Waals surface area (Å²) in [7, 11) is 1.61. The first-order valence-electron chi connectivity index (χ1n) is 6.00. The summed E-state index contributed by atoms with van der Waals surface area (Å²) < 4.78 is 5.28. The van der Waals surface area contributed by atoms with Gasteiger partial charge in [-0.3, -0.25) is 0 Å². The molecule has 0 heterocycles. The molecule has 3 N–H and O–H groups in total. The molecule has 0 aliphatic rings. The van der Waals surface area contributed by atoms with Crippen molar-refractivity contribution in [1.29, 1.82) is 5.26 Å². The summed E-state index contributed by atoms with van der Waals surface area (Å²) in [6.45, 7) is 0.489. The molecule has 5 heteroatoms. The first-order valence-corrected chi connectivity index (χ1v) is 6.37. The third-order valence-corrected chi connectivity index (χ3v) is 3.11. The van der Waals surface area contributed by atoms with Crippen molar-refractivity contribution >= 4 is 23.0 Å². The fourth-order valence-electron chi connectivity index (χ4n) is 1.89. The molecule has 2 aromatic rings. The predicted molar refractivity (Wildman–Crippen MR) is 80.9 cm³/mol. The number of methoxy groups -OCH3 is 1. The number of hydrogen-bond acceptors (Lipinski definition) is 4. The number of nitrogen functional groups attached to an aromatic ring is 1. The predicted octanol–water partition coefficient (Wildman–Crippen LogP) is 3.41. The molecule has 0 spiro atoms. The summed E-state index contributed by atoms with van der Waals surface area (Å²) in [5.41, 5.74) is 8.57. The molecular formula is C15H14ClN3O. The molecule has 2 aromatic carbocycles. The van der Waals surface area contributed by atoms with Crippen molar-refractivity contribution < 1.29 is 4.74 Å². The van der Waals surface area contributed by atoms with Gasteiger partial charge in [0.05, 0.1) is 18.4 Å². The summed E-state index contributed by atoms with van der Waals surface area (Å²) in [6, 6.07) is 12.6. The molecule has 0 fully saturated rings. The van der Waals surface area contributed by atoms with Gasteiger partial charge in [0.2, 0.25) is 0 Å². The van der Waals surface area contributed by atoms with Crippen LogP contribution in [-0.4, -0.2) is 7.11 Å². The fraction of sp³-hybridized carbons (Fsp3) is 0.133. The maximum Gasteiger partial charge on any atom is 0.123 e. The van der Waals surface area contributed by atoms with E-state index >= 15 is 0 Å². The van der Waals surface area contributed by atoms with E-state index in [2.05, 4.69) is 11.4 Å². The molecule has 0 radical (unpaired) electrons. The molecule has 0 aliphatic heterocycles. The van der Waals surface area contributed by atoms with Crippen molar-refractivity contribution in [3.05, 3.63) is 52.5 Å². The quantitative estimate of drug-likeness (QED) is 0.845. The second-order valence-corrected chi connectivity index (χ2v) is 4.66. The van der Waals surface area contributed by atoms with E-state index in [-0.39, 0.29) is 0 Å². The number of nitrogens with zero attached hydrogens (tertiary/aromatic N) is 1. The summed E-state index contributed by atoms with van der Waals surface area (Å²) >= 11 is 5.95. The largest absolute Gasteiger partial charge is 0.496 e. The van der Waals surface area contributed by atoms with Crippen LogP contribution in [0.2, 0.25) is 5.02 Å². The third-order valence-electron chi connectivity index (χ3n) is 2.88. The van der Waals surface area contributed by atoms with Gasteiger partial charge in [0.15, 0.2) is 0 Å². The summed E-state index contributed by atoms with van der Waals surface area (Å²) in [4.78, 5) is 0. The molecule has 0 bridgehead atoms. The molecule has 0 aliphatic carbocycles. The van der Waals surface area contributed by atoms with Crippen LogP contribution < -0.4 is 15.8 Å². The van der Waals surface area contributed by atoms with Gasteiger partial charge < -0.3 is 15.8 Å². The number of hydrogen-bond donors (Lipinski definition) is 2.